The second kappa shape index (κ2) is 7.17. The lowest BCUT2D eigenvalue weighted by molar-refractivity contribution is 0.332. The molecular formula is C15H26O2. The van der Waals surface area contributed by atoms with Gasteiger partial charge in [-0.2, -0.15) is 0 Å². The quantitative estimate of drug-likeness (QED) is 0.328. The van der Waals surface area contributed by atoms with Crippen LogP contribution in [-0.4, -0.2) is 24.9 Å². The Labute approximate surface area is 105 Å². The number of ether oxygens (including phenoxy) is 2. The first kappa shape index (κ1) is 13.1. The van der Waals surface area contributed by atoms with Crippen molar-refractivity contribution in [3.05, 3.63) is 12.2 Å². The Morgan fingerprint density at radius 1 is 1.06 bits per heavy atom. The molecule has 0 saturated carbocycles. The van der Waals surface area contributed by atoms with Gasteiger partial charge in [0.2, 0.25) is 0 Å². The largest absolute Gasteiger partial charge is 0.373 e. The second-order valence-corrected chi connectivity index (χ2v) is 5.31. The van der Waals surface area contributed by atoms with Crippen molar-refractivity contribution in [1.29, 1.82) is 0 Å². The molecule has 2 heterocycles. The zero-order valence-electron chi connectivity index (χ0n) is 11.1. The summed E-state index contributed by atoms with van der Waals surface area (Å²) in [5.74, 6) is 0. The molecule has 2 nitrogen and oxygen atoms in total. The van der Waals surface area contributed by atoms with Gasteiger partial charge in [0, 0.05) is 6.42 Å². The molecule has 2 aliphatic heterocycles. The Morgan fingerprint density at radius 2 is 1.88 bits per heavy atom. The molecule has 2 saturated heterocycles. The summed E-state index contributed by atoms with van der Waals surface area (Å²) in [5, 5.41) is 0. The molecule has 2 fully saturated rings. The van der Waals surface area contributed by atoms with Crippen molar-refractivity contribution in [1.82, 2.24) is 0 Å². The standard InChI is InChI=1S/C15H26O2/c1-2-3-4-5-6-7-8-9-10-14-15(17-14)11-13-12-16-13/h8-9,13-15H,2-7,10-12H2,1H3. The second-order valence-electron chi connectivity index (χ2n) is 5.31. The smallest absolute Gasteiger partial charge is 0.0877 e. The monoisotopic (exact) mass is 238 g/mol. The Bertz CT molecular complexity index is 233. The first-order valence-corrected chi connectivity index (χ1v) is 7.32. The molecular weight excluding hydrogens is 212 g/mol. The lowest BCUT2D eigenvalue weighted by atomic mass is 10.1. The van der Waals surface area contributed by atoms with E-state index in [1.54, 1.807) is 0 Å². The molecule has 0 aliphatic carbocycles. The lowest BCUT2D eigenvalue weighted by Crippen LogP contribution is -1.97. The number of hydrogen-bond donors (Lipinski definition) is 0. The third-order valence-corrected chi connectivity index (χ3v) is 3.59. The fourth-order valence-corrected chi connectivity index (χ4v) is 2.27. The molecule has 0 radical (unpaired) electrons. The molecule has 0 N–H and O–H groups in total. The summed E-state index contributed by atoms with van der Waals surface area (Å²) in [6.07, 6.45) is 16.5. The summed E-state index contributed by atoms with van der Waals surface area (Å²) in [4.78, 5) is 0. The zero-order chi connectivity index (χ0) is 11.9. The van der Waals surface area contributed by atoms with E-state index in [4.69, 9.17) is 9.47 Å². The molecule has 0 spiro atoms. The van der Waals surface area contributed by atoms with E-state index >= 15 is 0 Å². The van der Waals surface area contributed by atoms with Gasteiger partial charge in [0.1, 0.15) is 0 Å². The minimum absolute atomic E-state index is 0.496. The van der Waals surface area contributed by atoms with E-state index in [2.05, 4.69) is 19.1 Å². The van der Waals surface area contributed by atoms with E-state index in [0.717, 1.165) is 19.4 Å². The number of epoxide rings is 2. The highest BCUT2D eigenvalue weighted by molar-refractivity contribution is 4.96. The predicted molar refractivity (Wildman–Crippen MR) is 70.2 cm³/mol. The van der Waals surface area contributed by atoms with Crippen LogP contribution in [0.15, 0.2) is 12.2 Å². The molecule has 17 heavy (non-hydrogen) atoms. The first-order valence-electron chi connectivity index (χ1n) is 7.32. The molecule has 2 rings (SSSR count). The first-order chi connectivity index (χ1) is 8.40. The van der Waals surface area contributed by atoms with Crippen LogP contribution in [0.25, 0.3) is 0 Å². The molecule has 98 valence electrons. The molecule has 2 heteroatoms. The maximum absolute atomic E-state index is 5.60. The van der Waals surface area contributed by atoms with Crippen molar-refractivity contribution in [3.63, 3.8) is 0 Å². The van der Waals surface area contributed by atoms with Crippen molar-refractivity contribution in [2.45, 2.75) is 76.6 Å². The predicted octanol–water partition coefficient (Wildman–Crippen LogP) is 3.85. The normalized spacial score (nSPS) is 31.0. The van der Waals surface area contributed by atoms with Gasteiger partial charge in [-0.05, 0) is 19.3 Å². The van der Waals surface area contributed by atoms with Crippen LogP contribution in [-0.2, 0) is 9.47 Å². The Kier molecular flexibility index (Phi) is 5.53. The van der Waals surface area contributed by atoms with Crippen molar-refractivity contribution in [2.24, 2.45) is 0 Å². The van der Waals surface area contributed by atoms with E-state index in [1.165, 1.54) is 38.5 Å². The molecule has 3 atom stereocenters. The van der Waals surface area contributed by atoms with Gasteiger partial charge in [-0.15, -0.1) is 0 Å². The van der Waals surface area contributed by atoms with Gasteiger partial charge in [0.25, 0.3) is 0 Å². The summed E-state index contributed by atoms with van der Waals surface area (Å²) in [7, 11) is 0. The summed E-state index contributed by atoms with van der Waals surface area (Å²) in [6, 6.07) is 0. The van der Waals surface area contributed by atoms with Crippen LogP contribution >= 0.6 is 0 Å². The highest BCUT2D eigenvalue weighted by Gasteiger charge is 2.42. The molecule has 0 aromatic carbocycles. The van der Waals surface area contributed by atoms with Crippen molar-refractivity contribution < 1.29 is 9.47 Å². The molecule has 0 aromatic rings. The average Bonchev–Trinajstić information content (AvgIpc) is 3.22. The Hall–Kier alpha value is -0.340. The molecule has 0 amide bonds. The zero-order valence-corrected chi connectivity index (χ0v) is 11.1. The lowest BCUT2D eigenvalue weighted by Gasteiger charge is -1.95. The number of rotatable bonds is 10. The van der Waals surface area contributed by atoms with Gasteiger partial charge < -0.3 is 9.47 Å². The van der Waals surface area contributed by atoms with Gasteiger partial charge >= 0.3 is 0 Å². The van der Waals surface area contributed by atoms with Crippen LogP contribution in [0.2, 0.25) is 0 Å². The van der Waals surface area contributed by atoms with Gasteiger partial charge in [-0.1, -0.05) is 44.8 Å². The Balaban J connectivity index is 1.38. The van der Waals surface area contributed by atoms with Crippen LogP contribution in [0.3, 0.4) is 0 Å². The molecule has 3 unspecified atom stereocenters. The van der Waals surface area contributed by atoms with E-state index in [0.29, 0.717) is 18.3 Å². The van der Waals surface area contributed by atoms with Crippen molar-refractivity contribution in [2.75, 3.05) is 6.61 Å². The number of allylic oxidation sites excluding steroid dienone is 1. The van der Waals surface area contributed by atoms with Crippen LogP contribution in [0, 0.1) is 0 Å². The minimum atomic E-state index is 0.496. The fraction of sp³-hybridized carbons (Fsp3) is 0.867. The van der Waals surface area contributed by atoms with Crippen molar-refractivity contribution in [3.8, 4) is 0 Å². The highest BCUT2D eigenvalue weighted by atomic mass is 16.6. The maximum atomic E-state index is 5.60. The molecule has 0 bridgehead atoms. The topological polar surface area (TPSA) is 25.1 Å². The van der Waals surface area contributed by atoms with Crippen molar-refractivity contribution >= 4 is 0 Å². The van der Waals surface area contributed by atoms with E-state index < -0.39 is 0 Å². The number of unbranched alkanes of at least 4 members (excludes halogenated alkanes) is 5. The molecule has 0 aromatic heterocycles. The summed E-state index contributed by atoms with van der Waals surface area (Å²) in [6.45, 7) is 3.22. The van der Waals surface area contributed by atoms with Crippen LogP contribution in [0.1, 0.15) is 58.3 Å². The van der Waals surface area contributed by atoms with Crippen LogP contribution in [0.4, 0.5) is 0 Å². The van der Waals surface area contributed by atoms with E-state index in [-0.39, 0.29) is 0 Å². The minimum Gasteiger partial charge on any atom is -0.373 e. The number of hydrogen-bond acceptors (Lipinski definition) is 2. The fourth-order valence-electron chi connectivity index (χ4n) is 2.27. The van der Waals surface area contributed by atoms with Crippen LogP contribution < -0.4 is 0 Å². The SMILES string of the molecule is CCCCCCCC=CCC1OC1CC1CO1. The average molecular weight is 238 g/mol. The third kappa shape index (κ3) is 5.69. The highest BCUT2D eigenvalue weighted by Crippen LogP contribution is 2.33. The van der Waals surface area contributed by atoms with E-state index in [9.17, 15) is 0 Å². The third-order valence-electron chi connectivity index (χ3n) is 3.59. The van der Waals surface area contributed by atoms with Crippen LogP contribution in [0.5, 0.6) is 0 Å². The maximum Gasteiger partial charge on any atom is 0.0877 e. The summed E-state index contributed by atoms with van der Waals surface area (Å²) >= 11 is 0. The summed E-state index contributed by atoms with van der Waals surface area (Å²) in [5.41, 5.74) is 0. The summed E-state index contributed by atoms with van der Waals surface area (Å²) < 4.78 is 10.8. The van der Waals surface area contributed by atoms with Gasteiger partial charge in [0.05, 0.1) is 24.9 Å². The van der Waals surface area contributed by atoms with Gasteiger partial charge in [0.15, 0.2) is 0 Å². The molecule has 2 aliphatic rings. The van der Waals surface area contributed by atoms with Gasteiger partial charge in [-0.25, -0.2) is 0 Å². The Morgan fingerprint density at radius 3 is 2.65 bits per heavy atom. The van der Waals surface area contributed by atoms with Gasteiger partial charge in [-0.3, -0.25) is 0 Å². The van der Waals surface area contributed by atoms with E-state index in [1.807, 2.05) is 0 Å².